The molecule has 5 N–H and O–H groups in total. The van der Waals surface area contributed by atoms with Gasteiger partial charge in [-0.3, -0.25) is 9.59 Å². The molecule has 0 spiro atoms. The van der Waals surface area contributed by atoms with Gasteiger partial charge in [0.2, 0.25) is 0 Å². The molecule has 22 heavy (non-hydrogen) atoms. The molecular formula is C12H12BrN5O4. The van der Waals surface area contributed by atoms with Gasteiger partial charge in [0.15, 0.2) is 23.8 Å². The van der Waals surface area contributed by atoms with E-state index in [4.69, 9.17) is 20.9 Å². The standard InChI is InChI=1S/C12H12BrN5O4/c1-21-7-3-5(9-10(12(15)20)17-18-16-9)2-6(13)11(7)22-4-8(14)19/h2-3H,4H2,1H3,(H2,14,19)(H2,15,20)(H,16,17,18). The summed E-state index contributed by atoms with van der Waals surface area (Å²) in [5, 5.41) is 9.94. The highest BCUT2D eigenvalue weighted by Crippen LogP contribution is 2.39. The van der Waals surface area contributed by atoms with E-state index in [-0.39, 0.29) is 18.0 Å². The number of carbonyl (C=O) groups is 2. The number of nitrogens with zero attached hydrogens (tertiary/aromatic N) is 2. The topological polar surface area (TPSA) is 146 Å². The summed E-state index contributed by atoms with van der Waals surface area (Å²) >= 11 is 3.30. The summed E-state index contributed by atoms with van der Waals surface area (Å²) in [6.07, 6.45) is 0. The molecule has 0 aliphatic rings. The molecule has 2 rings (SSSR count). The Balaban J connectivity index is 2.47. The lowest BCUT2D eigenvalue weighted by molar-refractivity contribution is -0.119. The maximum absolute atomic E-state index is 11.3. The first-order chi connectivity index (χ1) is 10.4. The number of ether oxygens (including phenoxy) is 2. The zero-order chi connectivity index (χ0) is 16.3. The molecule has 2 amide bonds. The van der Waals surface area contributed by atoms with E-state index in [1.54, 1.807) is 12.1 Å². The summed E-state index contributed by atoms with van der Waals surface area (Å²) in [6.45, 7) is -0.301. The van der Waals surface area contributed by atoms with Gasteiger partial charge in [-0.2, -0.15) is 15.4 Å². The van der Waals surface area contributed by atoms with Crippen molar-refractivity contribution < 1.29 is 19.1 Å². The van der Waals surface area contributed by atoms with E-state index in [0.717, 1.165) is 0 Å². The summed E-state index contributed by atoms with van der Waals surface area (Å²) in [7, 11) is 1.43. The average molecular weight is 370 g/mol. The minimum Gasteiger partial charge on any atom is -0.493 e. The van der Waals surface area contributed by atoms with Crippen LogP contribution in [0.5, 0.6) is 11.5 Å². The smallest absolute Gasteiger partial charge is 0.271 e. The lowest BCUT2D eigenvalue weighted by atomic mass is 10.1. The van der Waals surface area contributed by atoms with Crippen LogP contribution in [0.4, 0.5) is 0 Å². The summed E-state index contributed by atoms with van der Waals surface area (Å²) in [4.78, 5) is 22.1. The van der Waals surface area contributed by atoms with Gasteiger partial charge in [-0.1, -0.05) is 0 Å². The second kappa shape index (κ2) is 6.43. The minimum atomic E-state index is -0.715. The van der Waals surface area contributed by atoms with Gasteiger partial charge in [-0.15, -0.1) is 0 Å². The number of carbonyl (C=O) groups excluding carboxylic acids is 2. The fraction of sp³-hybridized carbons (Fsp3) is 0.167. The molecule has 0 aliphatic heterocycles. The summed E-state index contributed by atoms with van der Waals surface area (Å²) in [5.74, 6) is -0.711. The predicted octanol–water partition coefficient (Wildman–Crippen LogP) is 0.206. The molecule has 0 saturated carbocycles. The number of nitrogens with two attached hydrogens (primary N) is 2. The van der Waals surface area contributed by atoms with Gasteiger partial charge < -0.3 is 20.9 Å². The van der Waals surface area contributed by atoms with Gasteiger partial charge in [0.05, 0.1) is 11.6 Å². The number of benzene rings is 1. The highest BCUT2D eigenvalue weighted by atomic mass is 79.9. The number of halogens is 1. The molecule has 1 heterocycles. The average Bonchev–Trinajstić information content (AvgIpc) is 2.94. The summed E-state index contributed by atoms with van der Waals surface area (Å²) in [5.41, 5.74) is 11.1. The maximum atomic E-state index is 11.3. The number of methoxy groups -OCH3 is 1. The molecule has 0 fully saturated rings. The third kappa shape index (κ3) is 3.17. The first kappa shape index (κ1) is 15.8. The van der Waals surface area contributed by atoms with Crippen molar-refractivity contribution in [2.24, 2.45) is 11.5 Å². The molecule has 10 heteroatoms. The van der Waals surface area contributed by atoms with Gasteiger partial charge in [-0.25, -0.2) is 0 Å². The van der Waals surface area contributed by atoms with E-state index >= 15 is 0 Å². The van der Waals surface area contributed by atoms with Crippen molar-refractivity contribution in [3.8, 4) is 22.8 Å². The number of aromatic amines is 1. The van der Waals surface area contributed by atoms with Gasteiger partial charge in [0.1, 0.15) is 5.69 Å². The Labute approximate surface area is 133 Å². The van der Waals surface area contributed by atoms with Gasteiger partial charge in [-0.05, 0) is 28.1 Å². The monoisotopic (exact) mass is 369 g/mol. The Morgan fingerprint density at radius 1 is 1.32 bits per heavy atom. The molecule has 9 nitrogen and oxygen atoms in total. The fourth-order valence-corrected chi connectivity index (χ4v) is 2.30. The SMILES string of the molecule is COc1cc(-c2n[nH]nc2C(N)=O)cc(Br)c1OCC(N)=O. The second-order valence-corrected chi connectivity index (χ2v) is 4.98. The molecule has 0 atom stereocenters. The van der Waals surface area contributed by atoms with Crippen LogP contribution in [0, 0.1) is 0 Å². The predicted molar refractivity (Wildman–Crippen MR) is 79.3 cm³/mol. The van der Waals surface area contributed by atoms with Crippen LogP contribution in [0.1, 0.15) is 10.5 Å². The van der Waals surface area contributed by atoms with E-state index in [1.165, 1.54) is 7.11 Å². The largest absolute Gasteiger partial charge is 0.493 e. The maximum Gasteiger partial charge on any atom is 0.271 e. The van der Waals surface area contributed by atoms with E-state index in [9.17, 15) is 9.59 Å². The molecular weight excluding hydrogens is 358 g/mol. The number of hydrogen-bond donors (Lipinski definition) is 3. The molecule has 0 radical (unpaired) electrons. The van der Waals surface area contributed by atoms with Crippen LogP contribution < -0.4 is 20.9 Å². The van der Waals surface area contributed by atoms with Crippen molar-refractivity contribution in [1.29, 1.82) is 0 Å². The zero-order valence-electron chi connectivity index (χ0n) is 11.4. The molecule has 1 aromatic heterocycles. The van der Waals surface area contributed by atoms with Crippen molar-refractivity contribution in [2.75, 3.05) is 13.7 Å². The fourth-order valence-electron chi connectivity index (χ4n) is 1.74. The lowest BCUT2D eigenvalue weighted by Gasteiger charge is -2.13. The number of amides is 2. The van der Waals surface area contributed by atoms with Gasteiger partial charge in [0, 0.05) is 5.56 Å². The van der Waals surface area contributed by atoms with Crippen molar-refractivity contribution in [2.45, 2.75) is 0 Å². The number of hydrogen-bond acceptors (Lipinski definition) is 6. The Hall–Kier alpha value is -2.62. The number of nitrogens with one attached hydrogen (secondary N) is 1. The van der Waals surface area contributed by atoms with Gasteiger partial charge in [0.25, 0.3) is 11.8 Å². The molecule has 0 unspecified atom stereocenters. The first-order valence-electron chi connectivity index (χ1n) is 5.93. The molecule has 116 valence electrons. The van der Waals surface area contributed by atoms with Crippen LogP contribution in [0.15, 0.2) is 16.6 Å². The molecule has 0 saturated heterocycles. The van der Waals surface area contributed by atoms with Crippen LogP contribution in [0.25, 0.3) is 11.3 Å². The van der Waals surface area contributed by atoms with E-state index in [0.29, 0.717) is 21.5 Å². The van der Waals surface area contributed by atoms with Crippen molar-refractivity contribution in [1.82, 2.24) is 15.4 Å². The Morgan fingerprint density at radius 3 is 2.64 bits per heavy atom. The van der Waals surface area contributed by atoms with E-state index < -0.39 is 11.8 Å². The summed E-state index contributed by atoms with van der Waals surface area (Å²) in [6, 6.07) is 3.20. The van der Waals surface area contributed by atoms with E-state index in [2.05, 4.69) is 31.3 Å². The van der Waals surface area contributed by atoms with Crippen molar-refractivity contribution in [3.05, 3.63) is 22.3 Å². The molecule has 0 bridgehead atoms. The molecule has 1 aromatic carbocycles. The Kier molecular flexibility index (Phi) is 4.61. The van der Waals surface area contributed by atoms with E-state index in [1.807, 2.05) is 0 Å². The Morgan fingerprint density at radius 2 is 2.05 bits per heavy atom. The third-order valence-corrected chi connectivity index (χ3v) is 3.23. The highest BCUT2D eigenvalue weighted by molar-refractivity contribution is 9.10. The minimum absolute atomic E-state index is 0.000225. The van der Waals surface area contributed by atoms with Crippen molar-refractivity contribution in [3.63, 3.8) is 0 Å². The van der Waals surface area contributed by atoms with Crippen LogP contribution in [-0.4, -0.2) is 40.9 Å². The van der Waals surface area contributed by atoms with Crippen LogP contribution in [0.2, 0.25) is 0 Å². The normalized spacial score (nSPS) is 10.3. The quantitative estimate of drug-likeness (QED) is 0.662. The lowest BCUT2D eigenvalue weighted by Crippen LogP contribution is -2.20. The Bertz CT molecular complexity index is 730. The number of rotatable bonds is 6. The van der Waals surface area contributed by atoms with Crippen molar-refractivity contribution >= 4 is 27.7 Å². The van der Waals surface area contributed by atoms with Crippen LogP contribution in [-0.2, 0) is 4.79 Å². The van der Waals surface area contributed by atoms with Crippen LogP contribution in [0.3, 0.4) is 0 Å². The zero-order valence-corrected chi connectivity index (χ0v) is 13.0. The third-order valence-electron chi connectivity index (χ3n) is 2.64. The summed E-state index contributed by atoms with van der Waals surface area (Å²) < 4.78 is 11.0. The van der Waals surface area contributed by atoms with Crippen LogP contribution >= 0.6 is 15.9 Å². The second-order valence-electron chi connectivity index (χ2n) is 4.13. The van der Waals surface area contributed by atoms with Gasteiger partial charge >= 0.3 is 0 Å². The number of H-pyrrole nitrogens is 1. The number of primary amides is 2. The molecule has 2 aromatic rings. The number of aromatic nitrogens is 3. The molecule has 0 aliphatic carbocycles. The highest BCUT2D eigenvalue weighted by Gasteiger charge is 2.19. The first-order valence-corrected chi connectivity index (χ1v) is 6.73.